The number of hydrogen-bond acceptors (Lipinski definition) is 7. The van der Waals surface area contributed by atoms with E-state index in [1.165, 1.54) is 19.5 Å². The molecule has 2 aromatic rings. The van der Waals surface area contributed by atoms with Crippen LogP contribution in [0, 0.1) is 0 Å². The van der Waals surface area contributed by atoms with Crippen LogP contribution in [-0.4, -0.2) is 51.1 Å². The second-order valence-electron chi connectivity index (χ2n) is 4.83. The number of rotatable bonds is 0. The minimum atomic E-state index is 0.642. The predicted octanol–water partition coefficient (Wildman–Crippen LogP) is 4.72. The zero-order valence-corrected chi connectivity index (χ0v) is 16.1. The molecule has 1 aliphatic heterocycles. The van der Waals surface area contributed by atoms with Crippen LogP contribution in [0.2, 0.25) is 0 Å². The van der Waals surface area contributed by atoms with Crippen molar-refractivity contribution < 1.29 is 14.2 Å². The van der Waals surface area contributed by atoms with E-state index in [2.05, 4.69) is 22.9 Å². The molecule has 7 heteroatoms. The van der Waals surface area contributed by atoms with E-state index >= 15 is 0 Å². The van der Waals surface area contributed by atoms with Crippen LogP contribution in [0.15, 0.2) is 32.7 Å². The molecule has 0 radical (unpaired) electrons. The fourth-order valence-electron chi connectivity index (χ4n) is 2.03. The number of thioether (sulfide) groups is 2. The van der Waals surface area contributed by atoms with Crippen molar-refractivity contribution in [2.75, 3.05) is 51.1 Å². The van der Waals surface area contributed by atoms with E-state index in [0.29, 0.717) is 26.4 Å². The standard InChI is InChI=1S/C16H20O3S4/c1-3-18-5-7-20-13-9-15(22-11-13)16-10-14(12-23-16)21-8-6-19-4-2-17-1/h9-12H,1-8H2. The minimum Gasteiger partial charge on any atom is -0.378 e. The lowest BCUT2D eigenvalue weighted by Crippen LogP contribution is -2.11. The lowest BCUT2D eigenvalue weighted by molar-refractivity contribution is 0.0205. The van der Waals surface area contributed by atoms with E-state index in [-0.39, 0.29) is 0 Å². The summed E-state index contributed by atoms with van der Waals surface area (Å²) in [6.45, 7) is 4.11. The summed E-state index contributed by atoms with van der Waals surface area (Å²) >= 11 is 7.35. The number of fused-ring (bicyclic) bond motifs is 5. The van der Waals surface area contributed by atoms with Gasteiger partial charge in [-0.2, -0.15) is 0 Å². The zero-order valence-electron chi connectivity index (χ0n) is 12.8. The summed E-state index contributed by atoms with van der Waals surface area (Å²) in [6.07, 6.45) is 0. The average Bonchev–Trinajstić information content (AvgIpc) is 3.20. The van der Waals surface area contributed by atoms with E-state index in [1.54, 1.807) is 0 Å². The molecule has 3 rings (SSSR count). The maximum absolute atomic E-state index is 5.59. The van der Waals surface area contributed by atoms with E-state index in [0.717, 1.165) is 24.7 Å². The highest BCUT2D eigenvalue weighted by Crippen LogP contribution is 2.37. The molecule has 3 heterocycles. The Bertz CT molecular complexity index is 531. The van der Waals surface area contributed by atoms with Gasteiger partial charge in [0, 0.05) is 41.8 Å². The number of hydrogen-bond donors (Lipinski definition) is 0. The molecule has 0 atom stereocenters. The summed E-state index contributed by atoms with van der Waals surface area (Å²) in [5.41, 5.74) is 0. The Balaban J connectivity index is 1.59. The van der Waals surface area contributed by atoms with Crippen molar-refractivity contribution in [3.63, 3.8) is 0 Å². The number of thiophene rings is 2. The molecule has 0 saturated heterocycles. The first-order valence-corrected chi connectivity index (χ1v) is 11.3. The highest BCUT2D eigenvalue weighted by molar-refractivity contribution is 7.99. The summed E-state index contributed by atoms with van der Waals surface area (Å²) in [4.78, 5) is 5.37. The van der Waals surface area contributed by atoms with Gasteiger partial charge in [-0.15, -0.1) is 46.2 Å². The van der Waals surface area contributed by atoms with E-state index in [1.807, 2.05) is 46.2 Å². The Labute approximate surface area is 153 Å². The molecule has 0 aromatic carbocycles. The molecule has 0 saturated carbocycles. The van der Waals surface area contributed by atoms with Crippen molar-refractivity contribution in [1.82, 2.24) is 0 Å². The summed E-state index contributed by atoms with van der Waals surface area (Å²) in [6, 6.07) is 4.58. The highest BCUT2D eigenvalue weighted by Gasteiger charge is 2.07. The highest BCUT2D eigenvalue weighted by atomic mass is 32.2. The van der Waals surface area contributed by atoms with Crippen molar-refractivity contribution in [2.45, 2.75) is 9.79 Å². The van der Waals surface area contributed by atoms with Gasteiger partial charge in [0.1, 0.15) is 0 Å². The Kier molecular flexibility index (Phi) is 7.80. The van der Waals surface area contributed by atoms with Crippen LogP contribution in [0.1, 0.15) is 0 Å². The normalized spacial score (nSPS) is 18.8. The monoisotopic (exact) mass is 388 g/mol. The largest absolute Gasteiger partial charge is 0.378 e. The third-order valence-electron chi connectivity index (χ3n) is 3.13. The van der Waals surface area contributed by atoms with Crippen LogP contribution >= 0.6 is 46.2 Å². The summed E-state index contributed by atoms with van der Waals surface area (Å²) in [7, 11) is 0. The minimum absolute atomic E-state index is 0.642. The SMILES string of the molecule is c1sc2cc1SCCOCCOCCOCCSc1csc-2c1. The van der Waals surface area contributed by atoms with Gasteiger partial charge in [0.15, 0.2) is 0 Å². The molecule has 2 aromatic heterocycles. The third kappa shape index (κ3) is 6.08. The van der Waals surface area contributed by atoms with Crippen molar-refractivity contribution in [1.29, 1.82) is 0 Å². The van der Waals surface area contributed by atoms with Crippen molar-refractivity contribution in [3.8, 4) is 9.75 Å². The molecule has 0 N–H and O–H groups in total. The molecule has 0 unspecified atom stereocenters. The first-order valence-electron chi connectivity index (χ1n) is 7.58. The molecule has 0 spiro atoms. The second kappa shape index (κ2) is 10.1. The molecule has 126 valence electrons. The van der Waals surface area contributed by atoms with Gasteiger partial charge in [0.25, 0.3) is 0 Å². The van der Waals surface area contributed by atoms with Crippen LogP contribution in [0.5, 0.6) is 0 Å². The van der Waals surface area contributed by atoms with Crippen molar-refractivity contribution >= 4 is 46.2 Å². The molecule has 0 aliphatic carbocycles. The Morgan fingerprint density at radius 2 is 1.04 bits per heavy atom. The quantitative estimate of drug-likeness (QED) is 0.651. The van der Waals surface area contributed by atoms with E-state index in [9.17, 15) is 0 Å². The molecular formula is C16H20O3S4. The van der Waals surface area contributed by atoms with Gasteiger partial charge in [0.05, 0.1) is 39.6 Å². The van der Waals surface area contributed by atoms with Crippen LogP contribution in [-0.2, 0) is 14.2 Å². The average molecular weight is 389 g/mol. The van der Waals surface area contributed by atoms with E-state index in [4.69, 9.17) is 14.2 Å². The van der Waals surface area contributed by atoms with Crippen LogP contribution in [0.3, 0.4) is 0 Å². The predicted molar refractivity (Wildman–Crippen MR) is 102 cm³/mol. The van der Waals surface area contributed by atoms with Gasteiger partial charge in [-0.05, 0) is 12.1 Å². The smallest absolute Gasteiger partial charge is 0.0701 e. The molecule has 0 amide bonds. The van der Waals surface area contributed by atoms with Crippen molar-refractivity contribution in [2.24, 2.45) is 0 Å². The third-order valence-corrected chi connectivity index (χ3v) is 7.36. The first kappa shape index (κ1) is 17.8. The van der Waals surface area contributed by atoms with Crippen LogP contribution < -0.4 is 0 Å². The summed E-state index contributed by atoms with van der Waals surface area (Å²) in [5.74, 6) is 1.95. The van der Waals surface area contributed by atoms with Gasteiger partial charge >= 0.3 is 0 Å². The molecular weight excluding hydrogens is 368 g/mol. The summed E-state index contributed by atoms with van der Waals surface area (Å²) < 4.78 is 16.7. The lowest BCUT2D eigenvalue weighted by atomic mass is 10.4. The fourth-order valence-corrected chi connectivity index (χ4v) is 5.94. The molecule has 23 heavy (non-hydrogen) atoms. The van der Waals surface area contributed by atoms with Crippen molar-refractivity contribution in [3.05, 3.63) is 22.9 Å². The van der Waals surface area contributed by atoms with Gasteiger partial charge in [0.2, 0.25) is 0 Å². The lowest BCUT2D eigenvalue weighted by Gasteiger charge is -2.06. The van der Waals surface area contributed by atoms with Crippen LogP contribution in [0.25, 0.3) is 9.75 Å². The van der Waals surface area contributed by atoms with Gasteiger partial charge in [-0.3, -0.25) is 0 Å². The topological polar surface area (TPSA) is 27.7 Å². The maximum atomic E-state index is 5.59. The number of ether oxygens (including phenoxy) is 3. The van der Waals surface area contributed by atoms with Gasteiger partial charge in [-0.1, -0.05) is 0 Å². The Hall–Kier alpha value is -0.0200. The molecule has 3 nitrogen and oxygen atoms in total. The molecule has 0 fully saturated rings. The zero-order chi connectivity index (χ0) is 15.7. The van der Waals surface area contributed by atoms with Gasteiger partial charge in [-0.25, -0.2) is 0 Å². The molecule has 1 aliphatic rings. The first-order chi connectivity index (χ1) is 11.4. The fraction of sp³-hybridized carbons (Fsp3) is 0.500. The Morgan fingerprint density at radius 1 is 0.609 bits per heavy atom. The second-order valence-corrected chi connectivity index (χ2v) is 8.99. The van der Waals surface area contributed by atoms with Gasteiger partial charge < -0.3 is 14.2 Å². The summed E-state index contributed by atoms with van der Waals surface area (Å²) in [5, 5.41) is 4.48. The Morgan fingerprint density at radius 3 is 1.52 bits per heavy atom. The maximum Gasteiger partial charge on any atom is 0.0701 e. The van der Waals surface area contributed by atoms with E-state index < -0.39 is 0 Å². The molecule has 4 bridgehead atoms. The van der Waals surface area contributed by atoms with Crippen LogP contribution in [0.4, 0.5) is 0 Å².